The minimum absolute atomic E-state index is 0.307. The Bertz CT molecular complexity index is 965. The Morgan fingerprint density at radius 2 is 1.89 bits per heavy atom. The zero-order valence-corrected chi connectivity index (χ0v) is 16.6. The van der Waals surface area contributed by atoms with E-state index in [1.54, 1.807) is 17.5 Å². The van der Waals surface area contributed by atoms with Gasteiger partial charge in [0.25, 0.3) is 11.8 Å². The van der Waals surface area contributed by atoms with Crippen LogP contribution in [0.5, 0.6) is 0 Å². The van der Waals surface area contributed by atoms with E-state index in [9.17, 15) is 14.4 Å². The Hall–Kier alpha value is -3.04. The molecule has 3 rings (SSSR count). The first-order valence-electron chi connectivity index (χ1n) is 8.31. The van der Waals surface area contributed by atoms with E-state index < -0.39 is 18.5 Å². The van der Waals surface area contributed by atoms with E-state index in [1.165, 1.54) is 22.7 Å². The van der Waals surface area contributed by atoms with Gasteiger partial charge in [0.1, 0.15) is 6.54 Å². The van der Waals surface area contributed by atoms with Crippen LogP contribution in [0.4, 0.5) is 5.13 Å². The molecule has 2 heterocycles. The van der Waals surface area contributed by atoms with Crippen molar-refractivity contribution in [1.29, 1.82) is 0 Å². The van der Waals surface area contributed by atoms with Crippen LogP contribution in [0.2, 0.25) is 0 Å². The van der Waals surface area contributed by atoms with Crippen molar-refractivity contribution in [2.24, 2.45) is 0 Å². The van der Waals surface area contributed by atoms with Gasteiger partial charge in [0.15, 0.2) is 11.7 Å². The highest BCUT2D eigenvalue weighted by atomic mass is 32.1. The number of thiazole rings is 1. The van der Waals surface area contributed by atoms with Crippen LogP contribution < -0.4 is 10.6 Å². The van der Waals surface area contributed by atoms with Gasteiger partial charge in [-0.15, -0.1) is 22.7 Å². The molecule has 0 saturated carbocycles. The first-order valence-corrected chi connectivity index (χ1v) is 10.1. The molecule has 0 aliphatic rings. The second kappa shape index (κ2) is 9.25. The molecule has 2 aromatic heterocycles. The number of nitrogens with one attached hydrogen (secondary N) is 2. The number of thiophene rings is 1. The molecular formula is C19H17N3O4S2. The zero-order chi connectivity index (χ0) is 19.9. The molecule has 0 unspecified atom stereocenters. The van der Waals surface area contributed by atoms with E-state index in [0.29, 0.717) is 10.0 Å². The summed E-state index contributed by atoms with van der Waals surface area (Å²) in [6, 6.07) is 11.3. The normalized spacial score (nSPS) is 10.3. The summed E-state index contributed by atoms with van der Waals surface area (Å²) < 4.78 is 4.86. The highest BCUT2D eigenvalue weighted by Crippen LogP contribution is 2.25. The summed E-state index contributed by atoms with van der Waals surface area (Å²) in [6.07, 6.45) is 0. The second-order valence-electron chi connectivity index (χ2n) is 5.77. The molecule has 144 valence electrons. The van der Waals surface area contributed by atoms with Crippen LogP contribution in [0.1, 0.15) is 15.2 Å². The first-order chi connectivity index (χ1) is 13.5. The molecule has 28 heavy (non-hydrogen) atoms. The van der Waals surface area contributed by atoms with Gasteiger partial charge in [-0.3, -0.25) is 19.7 Å². The van der Waals surface area contributed by atoms with Gasteiger partial charge in [-0.2, -0.15) is 0 Å². The molecule has 0 spiro atoms. The van der Waals surface area contributed by atoms with Gasteiger partial charge in [0, 0.05) is 10.9 Å². The lowest BCUT2D eigenvalue weighted by Gasteiger charge is -2.05. The van der Waals surface area contributed by atoms with Crippen molar-refractivity contribution in [2.75, 3.05) is 18.5 Å². The summed E-state index contributed by atoms with van der Waals surface area (Å²) in [5.41, 5.74) is 2.87. The van der Waals surface area contributed by atoms with Crippen LogP contribution in [0.15, 0.2) is 47.2 Å². The van der Waals surface area contributed by atoms with Gasteiger partial charge in [-0.25, -0.2) is 4.98 Å². The third-order valence-corrected chi connectivity index (χ3v) is 5.23. The first kappa shape index (κ1) is 19.7. The van der Waals surface area contributed by atoms with Gasteiger partial charge in [0.05, 0.1) is 10.6 Å². The molecule has 0 saturated heterocycles. The van der Waals surface area contributed by atoms with Crippen molar-refractivity contribution in [3.05, 3.63) is 57.6 Å². The maximum atomic E-state index is 11.9. The average molecular weight is 415 g/mol. The van der Waals surface area contributed by atoms with Crippen LogP contribution in [0.3, 0.4) is 0 Å². The fraction of sp³-hybridized carbons (Fsp3) is 0.158. The molecule has 7 nitrogen and oxygen atoms in total. The number of aryl methyl sites for hydroxylation is 1. The molecule has 0 aliphatic carbocycles. The fourth-order valence-corrected chi connectivity index (χ4v) is 3.56. The Morgan fingerprint density at radius 1 is 1.11 bits per heavy atom. The summed E-state index contributed by atoms with van der Waals surface area (Å²) in [6.45, 7) is 1.25. The highest BCUT2D eigenvalue weighted by Gasteiger charge is 2.13. The highest BCUT2D eigenvalue weighted by molar-refractivity contribution is 7.14. The molecule has 0 fully saturated rings. The zero-order valence-electron chi connectivity index (χ0n) is 14.9. The second-order valence-corrected chi connectivity index (χ2v) is 7.58. The largest absolute Gasteiger partial charge is 0.454 e. The van der Waals surface area contributed by atoms with Gasteiger partial charge < -0.3 is 10.1 Å². The van der Waals surface area contributed by atoms with Crippen LogP contribution in [0, 0.1) is 6.92 Å². The quantitative estimate of drug-likeness (QED) is 0.578. The Labute approximate surface area is 169 Å². The van der Waals surface area contributed by atoms with Crippen LogP contribution in [-0.4, -0.2) is 35.9 Å². The number of ether oxygens (including phenoxy) is 1. The number of amides is 2. The third-order valence-electron chi connectivity index (χ3n) is 3.60. The number of aromatic nitrogens is 1. The number of rotatable bonds is 7. The number of esters is 1. The maximum Gasteiger partial charge on any atom is 0.325 e. The van der Waals surface area contributed by atoms with Gasteiger partial charge in [0.2, 0.25) is 0 Å². The molecule has 2 N–H and O–H groups in total. The van der Waals surface area contributed by atoms with Crippen LogP contribution >= 0.6 is 22.7 Å². The third kappa shape index (κ3) is 5.48. The lowest BCUT2D eigenvalue weighted by molar-refractivity contribution is -0.146. The number of benzene rings is 1. The SMILES string of the molecule is Cc1ccc(-c2csc(NC(=O)COC(=O)CNC(=O)c3cccs3)n2)cc1. The summed E-state index contributed by atoms with van der Waals surface area (Å²) in [4.78, 5) is 40.2. The molecule has 9 heteroatoms. The summed E-state index contributed by atoms with van der Waals surface area (Å²) >= 11 is 2.55. The van der Waals surface area contributed by atoms with Gasteiger partial charge in [-0.1, -0.05) is 35.9 Å². The molecule has 0 atom stereocenters. The predicted octanol–water partition coefficient (Wildman–Crippen LogP) is 3.09. The lowest BCUT2D eigenvalue weighted by atomic mass is 10.1. The van der Waals surface area contributed by atoms with E-state index in [0.717, 1.165) is 16.8 Å². The Kier molecular flexibility index (Phi) is 6.51. The van der Waals surface area contributed by atoms with Gasteiger partial charge in [-0.05, 0) is 18.4 Å². The van der Waals surface area contributed by atoms with Crippen LogP contribution in [-0.2, 0) is 14.3 Å². The smallest absolute Gasteiger partial charge is 0.325 e. The van der Waals surface area contributed by atoms with E-state index in [4.69, 9.17) is 4.74 Å². The molecule has 0 radical (unpaired) electrons. The van der Waals surface area contributed by atoms with E-state index in [-0.39, 0.29) is 12.5 Å². The van der Waals surface area contributed by atoms with Crippen molar-refractivity contribution in [1.82, 2.24) is 10.3 Å². The molecule has 3 aromatic rings. The fourth-order valence-electron chi connectivity index (χ4n) is 2.19. The number of nitrogens with zero attached hydrogens (tertiary/aromatic N) is 1. The van der Waals surface area contributed by atoms with Gasteiger partial charge >= 0.3 is 5.97 Å². The van der Waals surface area contributed by atoms with Crippen molar-refractivity contribution >= 4 is 45.6 Å². The maximum absolute atomic E-state index is 11.9. The predicted molar refractivity (Wildman–Crippen MR) is 109 cm³/mol. The summed E-state index contributed by atoms with van der Waals surface area (Å²) in [5, 5.41) is 9.05. The molecule has 0 aliphatic heterocycles. The standard InChI is InChI=1S/C19H17N3O4S2/c1-12-4-6-13(7-5-12)14-11-28-19(21-14)22-16(23)10-26-17(24)9-20-18(25)15-3-2-8-27-15/h2-8,11H,9-10H2,1H3,(H,20,25)(H,21,22,23). The lowest BCUT2D eigenvalue weighted by Crippen LogP contribution is -2.31. The number of anilines is 1. The average Bonchev–Trinajstić information content (AvgIpc) is 3.37. The number of carbonyl (C=O) groups is 3. The molecule has 1 aromatic carbocycles. The molecular weight excluding hydrogens is 398 g/mol. The van der Waals surface area contributed by atoms with Crippen molar-refractivity contribution in [3.63, 3.8) is 0 Å². The van der Waals surface area contributed by atoms with E-state index in [1.807, 2.05) is 36.6 Å². The number of hydrogen-bond donors (Lipinski definition) is 2. The topological polar surface area (TPSA) is 97.4 Å². The monoisotopic (exact) mass is 415 g/mol. The van der Waals surface area contributed by atoms with Crippen molar-refractivity contribution < 1.29 is 19.1 Å². The molecule has 2 amide bonds. The molecule has 0 bridgehead atoms. The Balaban J connectivity index is 1.42. The summed E-state index contributed by atoms with van der Waals surface area (Å²) in [5.74, 6) is -1.55. The van der Waals surface area contributed by atoms with Crippen LogP contribution in [0.25, 0.3) is 11.3 Å². The van der Waals surface area contributed by atoms with E-state index >= 15 is 0 Å². The van der Waals surface area contributed by atoms with E-state index in [2.05, 4.69) is 15.6 Å². The van der Waals surface area contributed by atoms with Crippen molar-refractivity contribution in [3.8, 4) is 11.3 Å². The minimum Gasteiger partial charge on any atom is -0.454 e. The van der Waals surface area contributed by atoms with Crippen molar-refractivity contribution in [2.45, 2.75) is 6.92 Å². The minimum atomic E-state index is -0.695. The summed E-state index contributed by atoms with van der Waals surface area (Å²) in [7, 11) is 0. The number of carbonyl (C=O) groups excluding carboxylic acids is 3. The number of hydrogen-bond acceptors (Lipinski definition) is 7. The Morgan fingerprint density at radius 3 is 2.61 bits per heavy atom.